The number of pyridine rings is 1. The van der Waals surface area contributed by atoms with Gasteiger partial charge in [0.15, 0.2) is 3.57 Å². The first-order valence-electron chi connectivity index (χ1n) is 16.2. The maximum absolute atomic E-state index is 10.6. The van der Waals surface area contributed by atoms with Crippen LogP contribution < -0.4 is 21.2 Å². The summed E-state index contributed by atoms with van der Waals surface area (Å²) >= 11 is 12.0. The second kappa shape index (κ2) is 14.5. The molecule has 50 heavy (non-hydrogen) atoms. The van der Waals surface area contributed by atoms with Crippen molar-refractivity contribution in [3.63, 3.8) is 0 Å². The molecule has 8 heteroatoms. The number of nitrogens with zero attached hydrogens (tertiary/aromatic N) is 1. The summed E-state index contributed by atoms with van der Waals surface area (Å²) in [6, 6.07) is 50.6. The van der Waals surface area contributed by atoms with Crippen molar-refractivity contribution < 1.29 is 36.9 Å². The fraction of sp³-hybridized carbons (Fsp3) is 0.0238. The van der Waals surface area contributed by atoms with E-state index in [4.69, 9.17) is 29.7 Å². The standard InChI is InChI=1S/C20H12ClN.C12H7I.C9H6ClNO2.CH3F/c21-14-10-9-13-11-20-17-7-2-1-5-15(17)16-6-3-4-8-18(16)22(20)19(13)12-14;1-3-7-11-9(5-1)10-6-2-4-8-12(10)13-11;10-6-2-1-5-3-8(9(12)13)11-7(5)4-6;1-2/h1-12H;1-7H;1-4,11H,(H,12,13);1H3/i;;;1D. The molecular formula is C42H28Cl2FIN2O2. The lowest BCUT2D eigenvalue weighted by molar-refractivity contribution is -0.590. The molecule has 0 aliphatic carbocycles. The number of aromatic amines is 1. The van der Waals surface area contributed by atoms with Gasteiger partial charge in [0, 0.05) is 37.1 Å². The highest BCUT2D eigenvalue weighted by molar-refractivity contribution is 6.31. The van der Waals surface area contributed by atoms with Gasteiger partial charge in [-0.1, -0.05) is 102 Å². The second-order valence-electron chi connectivity index (χ2n) is 11.3. The van der Waals surface area contributed by atoms with E-state index in [0.29, 0.717) is 5.02 Å². The molecule has 9 aromatic rings. The number of alkyl halides is 1. The van der Waals surface area contributed by atoms with Gasteiger partial charge in [-0.05, 0) is 59.5 Å². The SMILES string of the molecule is Clc1ccc2cc3c4ccccc4c4ccccc4n3c2c1.O=C(O)c1cc2ccc(Cl)cc2[nH]1.[2H]CF.[c-]1cccc2c1[I+]c1ccccc1-2. The molecular weight excluding hydrogens is 781 g/mol. The Morgan fingerprint density at radius 3 is 2.16 bits per heavy atom. The minimum Gasteiger partial charge on any atom is -0.477 e. The number of nitrogens with one attached hydrogen (secondary N) is 1. The lowest BCUT2D eigenvalue weighted by atomic mass is 10.1. The van der Waals surface area contributed by atoms with Gasteiger partial charge in [0.2, 0.25) is 0 Å². The number of aromatic nitrogens is 2. The molecule has 0 spiro atoms. The number of hydrogen-bond donors (Lipinski definition) is 2. The molecule has 0 unspecified atom stereocenters. The van der Waals surface area contributed by atoms with E-state index in [1.54, 1.807) is 27.8 Å². The predicted octanol–water partition coefficient (Wildman–Crippen LogP) is 8.75. The molecule has 0 fully saturated rings. The lowest BCUT2D eigenvalue weighted by Gasteiger charge is -2.09. The van der Waals surface area contributed by atoms with Crippen molar-refractivity contribution in [2.75, 3.05) is 7.15 Å². The van der Waals surface area contributed by atoms with Crippen LogP contribution in [0.25, 0.3) is 60.1 Å². The highest BCUT2D eigenvalue weighted by atomic mass is 127. The van der Waals surface area contributed by atoms with E-state index in [2.05, 4.69) is 113 Å². The number of carbonyl (C=O) groups is 1. The monoisotopic (exact) mass is 809 g/mol. The average molecular weight is 811 g/mol. The van der Waals surface area contributed by atoms with Gasteiger partial charge in [-0.15, -0.1) is 6.07 Å². The maximum atomic E-state index is 10.6. The van der Waals surface area contributed by atoms with Gasteiger partial charge in [0.1, 0.15) is 5.69 Å². The smallest absolute Gasteiger partial charge is 0.352 e. The minimum absolute atomic E-state index is 0.0472. The Morgan fingerprint density at radius 1 is 0.740 bits per heavy atom. The maximum Gasteiger partial charge on any atom is 0.352 e. The Labute approximate surface area is 309 Å². The number of para-hydroxylation sites is 1. The Morgan fingerprint density at radius 2 is 1.38 bits per heavy atom. The van der Waals surface area contributed by atoms with Crippen LogP contribution in [0.5, 0.6) is 0 Å². The van der Waals surface area contributed by atoms with Crippen LogP contribution >= 0.6 is 23.2 Å². The molecule has 246 valence electrons. The van der Waals surface area contributed by atoms with Crippen LogP contribution in [0.3, 0.4) is 0 Å². The zero-order valence-electron chi connectivity index (χ0n) is 27.3. The molecule has 0 saturated heterocycles. The predicted molar refractivity (Wildman–Crippen MR) is 200 cm³/mol. The topological polar surface area (TPSA) is 57.5 Å². The molecule has 10 rings (SSSR count). The van der Waals surface area contributed by atoms with E-state index < -0.39 is 13.1 Å². The van der Waals surface area contributed by atoms with Crippen LogP contribution in [0.15, 0.2) is 140 Å². The van der Waals surface area contributed by atoms with Crippen molar-refractivity contribution in [3.05, 3.63) is 168 Å². The number of carboxylic acid groups (broad SMARTS) is 1. The van der Waals surface area contributed by atoms with Crippen LogP contribution in [-0.2, 0) is 0 Å². The van der Waals surface area contributed by atoms with Gasteiger partial charge in [-0.3, -0.25) is 4.39 Å². The summed E-state index contributed by atoms with van der Waals surface area (Å²) in [6.07, 6.45) is 0. The molecule has 6 aromatic carbocycles. The first kappa shape index (κ1) is 32.3. The molecule has 2 N–H and O–H groups in total. The van der Waals surface area contributed by atoms with Crippen LogP contribution in [0, 0.1) is 13.2 Å². The fourth-order valence-corrected chi connectivity index (χ4v) is 9.41. The molecule has 0 radical (unpaired) electrons. The average Bonchev–Trinajstić information content (AvgIpc) is 3.86. The van der Waals surface area contributed by atoms with Crippen molar-refractivity contribution in [1.82, 2.24) is 9.38 Å². The quantitative estimate of drug-likeness (QED) is 0.0991. The highest BCUT2D eigenvalue weighted by Crippen LogP contribution is 2.34. The number of halogens is 4. The third kappa shape index (κ3) is 6.42. The van der Waals surface area contributed by atoms with Crippen molar-refractivity contribution >= 4 is 78.2 Å². The van der Waals surface area contributed by atoms with E-state index in [1.165, 1.54) is 47.3 Å². The number of fused-ring (bicyclic) bond motifs is 12. The van der Waals surface area contributed by atoms with Gasteiger partial charge in [-0.2, -0.15) is 18.2 Å². The summed E-state index contributed by atoms with van der Waals surface area (Å²) < 4.78 is 20.8. The lowest BCUT2D eigenvalue weighted by Crippen LogP contribution is -3.61. The van der Waals surface area contributed by atoms with Gasteiger partial charge in [0.05, 0.1) is 28.6 Å². The first-order chi connectivity index (χ1) is 24.9. The second-order valence-corrected chi connectivity index (χ2v) is 15.0. The van der Waals surface area contributed by atoms with Crippen molar-refractivity contribution in [2.24, 2.45) is 0 Å². The first-order valence-corrected chi connectivity index (χ1v) is 18.4. The summed E-state index contributed by atoms with van der Waals surface area (Å²) in [5.74, 6) is -0.965. The third-order valence-corrected chi connectivity index (χ3v) is 11.8. The zero-order chi connectivity index (χ0) is 35.5. The summed E-state index contributed by atoms with van der Waals surface area (Å²) in [7, 11) is -1.00. The van der Waals surface area contributed by atoms with E-state index in [-0.39, 0.29) is 26.9 Å². The van der Waals surface area contributed by atoms with E-state index >= 15 is 0 Å². The Bertz CT molecular complexity index is 2670. The molecule has 1 aliphatic rings. The Hall–Kier alpha value is -4.89. The van der Waals surface area contributed by atoms with Crippen LogP contribution in [0.1, 0.15) is 11.9 Å². The summed E-state index contributed by atoms with van der Waals surface area (Å²) in [6.45, 7) is 0. The largest absolute Gasteiger partial charge is 0.477 e. The van der Waals surface area contributed by atoms with Crippen molar-refractivity contribution in [3.8, 4) is 11.1 Å². The number of hydrogen-bond acceptors (Lipinski definition) is 1. The van der Waals surface area contributed by atoms with Gasteiger partial charge in [0.25, 0.3) is 0 Å². The summed E-state index contributed by atoms with van der Waals surface area (Å²) in [4.78, 5) is 13.3. The highest BCUT2D eigenvalue weighted by Gasteiger charge is 2.26. The molecule has 0 amide bonds. The van der Waals surface area contributed by atoms with Gasteiger partial charge < -0.3 is 14.5 Å². The molecule has 0 saturated carbocycles. The number of H-pyrrole nitrogens is 1. The van der Waals surface area contributed by atoms with Gasteiger partial charge in [-0.25, -0.2) is 4.79 Å². The van der Waals surface area contributed by atoms with E-state index in [9.17, 15) is 9.18 Å². The van der Waals surface area contributed by atoms with Gasteiger partial charge >= 0.3 is 27.2 Å². The van der Waals surface area contributed by atoms with E-state index in [0.717, 1.165) is 21.4 Å². The fourth-order valence-electron chi connectivity index (χ4n) is 6.25. The molecule has 0 atom stereocenters. The van der Waals surface area contributed by atoms with Crippen LogP contribution in [0.2, 0.25) is 10.0 Å². The Kier molecular flexibility index (Phi) is 9.39. The summed E-state index contributed by atoms with van der Waals surface area (Å²) in [5.41, 5.74) is 7.36. The molecule has 4 nitrogen and oxygen atoms in total. The minimum atomic E-state index is -1.00. The number of benzene rings is 6. The normalized spacial score (nSPS) is 11.5. The molecule has 0 bridgehead atoms. The number of carboxylic acids is 1. The zero-order valence-corrected chi connectivity index (χ0v) is 30.0. The number of rotatable bonds is 1. The molecule has 3 aromatic heterocycles. The van der Waals surface area contributed by atoms with Crippen LogP contribution in [0.4, 0.5) is 4.39 Å². The summed E-state index contributed by atoms with van der Waals surface area (Å²) in [5, 5.41) is 15.9. The van der Waals surface area contributed by atoms with Crippen LogP contribution in [-0.4, -0.2) is 27.6 Å². The molecule has 4 heterocycles. The van der Waals surface area contributed by atoms with E-state index in [1.807, 2.05) is 18.2 Å². The van der Waals surface area contributed by atoms with Crippen molar-refractivity contribution in [2.45, 2.75) is 0 Å². The van der Waals surface area contributed by atoms with Crippen molar-refractivity contribution in [1.29, 1.82) is 0 Å². The number of aromatic carboxylic acids is 1. The third-order valence-electron chi connectivity index (χ3n) is 8.39. The molecule has 1 aliphatic heterocycles. The Balaban J connectivity index is 0.000000121.